The Morgan fingerprint density at radius 1 is 1.29 bits per heavy atom. The van der Waals surface area contributed by atoms with Gasteiger partial charge in [0.05, 0.1) is 11.6 Å². The predicted molar refractivity (Wildman–Crippen MR) is 84.8 cm³/mol. The fourth-order valence-electron chi connectivity index (χ4n) is 3.04. The summed E-state index contributed by atoms with van der Waals surface area (Å²) in [6.07, 6.45) is -4.05. The van der Waals surface area contributed by atoms with Gasteiger partial charge < -0.3 is 11.1 Å². The van der Waals surface area contributed by atoms with Crippen LogP contribution in [0, 0.1) is 5.92 Å². The summed E-state index contributed by atoms with van der Waals surface area (Å²) in [5, 5.41) is 2.71. The number of nitrogens with two attached hydrogens (primary N) is 1. The number of rotatable bonds is 5. The molecule has 0 aliphatic carbocycles. The minimum absolute atomic E-state index is 0.0569. The molecule has 3 atom stereocenters. The van der Waals surface area contributed by atoms with Crippen molar-refractivity contribution in [1.82, 2.24) is 16.2 Å². The summed E-state index contributed by atoms with van der Waals surface area (Å²) in [6.45, 7) is 4.12. The molecule has 1 aliphatic rings. The van der Waals surface area contributed by atoms with Crippen LogP contribution in [0.25, 0.3) is 0 Å². The Balaban J connectivity index is 1.87. The highest BCUT2D eigenvalue weighted by Crippen LogP contribution is 2.29. The molecule has 134 valence electrons. The third kappa shape index (κ3) is 4.46. The molecule has 0 spiro atoms. The second kappa shape index (κ2) is 7.50. The molecule has 1 aromatic rings. The number of hydrogen-bond acceptors (Lipinski definition) is 4. The van der Waals surface area contributed by atoms with Gasteiger partial charge in [-0.2, -0.15) is 13.2 Å². The molecule has 0 bridgehead atoms. The minimum Gasteiger partial charge on any atom is -0.354 e. The summed E-state index contributed by atoms with van der Waals surface area (Å²) < 4.78 is 38.0. The van der Waals surface area contributed by atoms with Gasteiger partial charge in [0.2, 0.25) is 5.91 Å². The van der Waals surface area contributed by atoms with Gasteiger partial charge in [-0.3, -0.25) is 15.6 Å². The molecule has 3 unspecified atom stereocenters. The summed E-state index contributed by atoms with van der Waals surface area (Å²) in [7, 11) is 0. The number of alkyl halides is 3. The lowest BCUT2D eigenvalue weighted by Crippen LogP contribution is -2.51. The lowest BCUT2D eigenvalue weighted by molar-refractivity contribution is -0.137. The molecule has 1 fully saturated rings. The van der Waals surface area contributed by atoms with Crippen molar-refractivity contribution >= 4 is 5.91 Å². The van der Waals surface area contributed by atoms with Crippen LogP contribution in [-0.4, -0.2) is 30.6 Å². The van der Waals surface area contributed by atoms with E-state index in [2.05, 4.69) is 16.2 Å². The Hall–Kier alpha value is -1.64. The number of benzene rings is 1. The Morgan fingerprint density at radius 2 is 1.92 bits per heavy atom. The van der Waals surface area contributed by atoms with E-state index in [-0.39, 0.29) is 30.5 Å². The van der Waals surface area contributed by atoms with Crippen LogP contribution in [0.1, 0.15) is 25.0 Å². The number of carbonyl (C=O) groups excluding carboxylic acids is 1. The molecule has 5 nitrogen and oxygen atoms in total. The third-order valence-electron chi connectivity index (χ3n) is 4.38. The maximum Gasteiger partial charge on any atom is 0.416 e. The Bertz CT molecular complexity index is 569. The molecule has 1 saturated heterocycles. The molecule has 1 heterocycles. The van der Waals surface area contributed by atoms with Crippen molar-refractivity contribution in [2.45, 2.75) is 44.6 Å². The Labute approximate surface area is 139 Å². The first-order valence-electron chi connectivity index (χ1n) is 7.90. The van der Waals surface area contributed by atoms with Gasteiger partial charge in [-0.1, -0.05) is 18.2 Å². The van der Waals surface area contributed by atoms with Crippen molar-refractivity contribution in [2.24, 2.45) is 11.7 Å². The molecule has 24 heavy (non-hydrogen) atoms. The number of hydrazine groups is 1. The van der Waals surface area contributed by atoms with Crippen LogP contribution in [-0.2, 0) is 17.4 Å². The van der Waals surface area contributed by atoms with Crippen LogP contribution in [0.3, 0.4) is 0 Å². The number of nitrogens with one attached hydrogen (secondary N) is 3. The molecule has 8 heteroatoms. The zero-order chi connectivity index (χ0) is 17.9. The summed E-state index contributed by atoms with van der Waals surface area (Å²) >= 11 is 0. The number of carbonyl (C=O) groups is 1. The second-order valence-electron chi connectivity index (χ2n) is 6.21. The molecule has 0 aromatic heterocycles. The monoisotopic (exact) mass is 344 g/mol. The van der Waals surface area contributed by atoms with E-state index < -0.39 is 17.8 Å². The van der Waals surface area contributed by atoms with E-state index in [1.54, 1.807) is 6.07 Å². The van der Waals surface area contributed by atoms with E-state index in [9.17, 15) is 18.0 Å². The summed E-state index contributed by atoms with van der Waals surface area (Å²) in [5.41, 5.74) is 11.9. The number of hydrogen-bond donors (Lipinski definition) is 4. The maximum absolute atomic E-state index is 12.7. The van der Waals surface area contributed by atoms with E-state index in [0.717, 1.165) is 12.1 Å². The van der Waals surface area contributed by atoms with Crippen molar-refractivity contribution < 1.29 is 18.0 Å². The van der Waals surface area contributed by atoms with E-state index >= 15 is 0 Å². The first-order chi connectivity index (χ1) is 11.2. The van der Waals surface area contributed by atoms with Gasteiger partial charge in [0.1, 0.15) is 0 Å². The first kappa shape index (κ1) is 18.7. The van der Waals surface area contributed by atoms with Gasteiger partial charge in [0, 0.05) is 24.5 Å². The molecular formula is C16H23F3N4O. The van der Waals surface area contributed by atoms with Gasteiger partial charge in [0.15, 0.2) is 0 Å². The molecule has 1 aliphatic heterocycles. The lowest BCUT2D eigenvalue weighted by atomic mass is 9.88. The van der Waals surface area contributed by atoms with Crippen molar-refractivity contribution in [3.05, 3.63) is 35.4 Å². The van der Waals surface area contributed by atoms with Crippen LogP contribution in [0.15, 0.2) is 24.3 Å². The fourth-order valence-corrected chi connectivity index (χ4v) is 3.04. The first-order valence-corrected chi connectivity index (χ1v) is 7.90. The van der Waals surface area contributed by atoms with Gasteiger partial charge in [-0.15, -0.1) is 0 Å². The average Bonchev–Trinajstić information content (AvgIpc) is 2.85. The standard InChI is InChI=1S/C16H23F3N4O/c1-9-13(10(2)23-22-9)14(20)15(24)21-7-6-11-4-3-5-12(8-11)16(17,18)19/h3-5,8-10,13-14,22-23H,6-7,20H2,1-2H3,(H,21,24). The highest BCUT2D eigenvalue weighted by molar-refractivity contribution is 5.82. The molecule has 0 saturated carbocycles. The average molecular weight is 344 g/mol. The van der Waals surface area contributed by atoms with Crippen molar-refractivity contribution in [1.29, 1.82) is 0 Å². The SMILES string of the molecule is CC1NNC(C)C1C(N)C(=O)NCCc1cccc(C(F)(F)F)c1. The summed E-state index contributed by atoms with van der Waals surface area (Å²) in [4.78, 5) is 12.2. The summed E-state index contributed by atoms with van der Waals surface area (Å²) in [5.74, 6) is -0.352. The highest BCUT2D eigenvalue weighted by Gasteiger charge is 2.37. The van der Waals surface area contributed by atoms with Gasteiger partial charge in [0.25, 0.3) is 0 Å². The fraction of sp³-hybridized carbons (Fsp3) is 0.562. The predicted octanol–water partition coefficient (Wildman–Crippen LogP) is 1.19. The van der Waals surface area contributed by atoms with Gasteiger partial charge in [-0.05, 0) is 31.9 Å². The third-order valence-corrected chi connectivity index (χ3v) is 4.38. The van der Waals surface area contributed by atoms with Crippen LogP contribution in [0.4, 0.5) is 13.2 Å². The largest absolute Gasteiger partial charge is 0.416 e. The smallest absolute Gasteiger partial charge is 0.354 e. The van der Waals surface area contributed by atoms with Crippen LogP contribution >= 0.6 is 0 Å². The van der Waals surface area contributed by atoms with E-state index in [4.69, 9.17) is 5.73 Å². The Morgan fingerprint density at radius 3 is 2.50 bits per heavy atom. The molecule has 5 N–H and O–H groups in total. The van der Waals surface area contributed by atoms with E-state index in [1.807, 2.05) is 13.8 Å². The minimum atomic E-state index is -4.36. The molecule has 0 radical (unpaired) electrons. The Kier molecular flexibility index (Phi) is 5.84. The maximum atomic E-state index is 12.7. The second-order valence-corrected chi connectivity index (χ2v) is 6.21. The molecule has 1 amide bonds. The van der Waals surface area contributed by atoms with Gasteiger partial charge >= 0.3 is 6.18 Å². The highest BCUT2D eigenvalue weighted by atomic mass is 19.4. The zero-order valence-corrected chi connectivity index (χ0v) is 13.7. The van der Waals surface area contributed by atoms with Crippen molar-refractivity contribution in [3.8, 4) is 0 Å². The zero-order valence-electron chi connectivity index (χ0n) is 13.7. The molecular weight excluding hydrogens is 321 g/mol. The van der Waals surface area contributed by atoms with Crippen molar-refractivity contribution in [3.63, 3.8) is 0 Å². The number of halogens is 3. The lowest BCUT2D eigenvalue weighted by Gasteiger charge is -2.24. The molecule has 1 aromatic carbocycles. The van der Waals surface area contributed by atoms with Crippen molar-refractivity contribution in [2.75, 3.05) is 6.54 Å². The van der Waals surface area contributed by atoms with Crippen LogP contribution < -0.4 is 21.9 Å². The molecule has 2 rings (SSSR count). The van der Waals surface area contributed by atoms with E-state index in [0.29, 0.717) is 12.0 Å². The van der Waals surface area contributed by atoms with Gasteiger partial charge in [-0.25, -0.2) is 0 Å². The topological polar surface area (TPSA) is 79.2 Å². The quantitative estimate of drug-likeness (QED) is 0.647. The van der Waals surface area contributed by atoms with Crippen LogP contribution in [0.5, 0.6) is 0 Å². The normalized spacial score (nSPS) is 25.5. The summed E-state index contributed by atoms with van der Waals surface area (Å²) in [6, 6.07) is 4.54. The van der Waals surface area contributed by atoms with E-state index in [1.165, 1.54) is 6.07 Å². The number of amides is 1. The van der Waals surface area contributed by atoms with Crippen LogP contribution in [0.2, 0.25) is 0 Å².